The van der Waals surface area contributed by atoms with E-state index in [-0.39, 0.29) is 0 Å². The van der Waals surface area contributed by atoms with Crippen molar-refractivity contribution in [1.82, 2.24) is 5.32 Å². The van der Waals surface area contributed by atoms with Gasteiger partial charge in [0.05, 0.1) is 0 Å². The standard InChI is InChI=1S/C13H23N/c1-9-6-7-13-11(8-9)10-4-2-3-5-12(10)14-13/h9-14H,2-8H2,1H3. The summed E-state index contributed by atoms with van der Waals surface area (Å²) < 4.78 is 0. The Hall–Kier alpha value is -0.0400. The van der Waals surface area contributed by atoms with Crippen molar-refractivity contribution in [3.05, 3.63) is 0 Å². The quantitative estimate of drug-likeness (QED) is 0.623. The molecule has 0 spiro atoms. The van der Waals surface area contributed by atoms with Gasteiger partial charge in [-0.05, 0) is 49.9 Å². The van der Waals surface area contributed by atoms with E-state index in [9.17, 15) is 0 Å². The molecule has 1 N–H and O–H groups in total. The molecule has 2 saturated carbocycles. The van der Waals surface area contributed by atoms with Crippen LogP contribution in [0.3, 0.4) is 0 Å². The Morgan fingerprint density at radius 1 is 0.857 bits per heavy atom. The molecular weight excluding hydrogens is 170 g/mol. The molecule has 1 heteroatoms. The van der Waals surface area contributed by atoms with Gasteiger partial charge in [0.25, 0.3) is 0 Å². The van der Waals surface area contributed by atoms with Crippen molar-refractivity contribution >= 4 is 0 Å². The Bertz CT molecular complexity index is 213. The summed E-state index contributed by atoms with van der Waals surface area (Å²) in [5, 5.41) is 3.92. The van der Waals surface area contributed by atoms with Gasteiger partial charge in [-0.25, -0.2) is 0 Å². The van der Waals surface area contributed by atoms with Crippen LogP contribution < -0.4 is 5.32 Å². The van der Waals surface area contributed by atoms with Crippen LogP contribution in [0.4, 0.5) is 0 Å². The second-order valence-electron chi connectivity index (χ2n) is 5.91. The Morgan fingerprint density at radius 3 is 2.57 bits per heavy atom. The van der Waals surface area contributed by atoms with Gasteiger partial charge in [-0.1, -0.05) is 19.8 Å². The zero-order valence-electron chi connectivity index (χ0n) is 9.34. The molecule has 3 rings (SSSR count). The second kappa shape index (κ2) is 3.52. The second-order valence-corrected chi connectivity index (χ2v) is 5.91. The molecule has 14 heavy (non-hydrogen) atoms. The Morgan fingerprint density at radius 2 is 1.64 bits per heavy atom. The third kappa shape index (κ3) is 1.41. The van der Waals surface area contributed by atoms with Crippen LogP contribution in [-0.2, 0) is 0 Å². The van der Waals surface area contributed by atoms with Crippen molar-refractivity contribution in [1.29, 1.82) is 0 Å². The highest BCUT2D eigenvalue weighted by Crippen LogP contribution is 2.45. The lowest BCUT2D eigenvalue weighted by atomic mass is 9.71. The maximum Gasteiger partial charge on any atom is 0.0101 e. The normalized spacial score (nSPS) is 52.5. The molecule has 3 fully saturated rings. The summed E-state index contributed by atoms with van der Waals surface area (Å²) in [6, 6.07) is 1.81. The zero-order chi connectivity index (χ0) is 9.54. The van der Waals surface area contributed by atoms with E-state index in [0.29, 0.717) is 0 Å². The number of hydrogen-bond acceptors (Lipinski definition) is 1. The van der Waals surface area contributed by atoms with E-state index in [1.165, 1.54) is 44.9 Å². The minimum Gasteiger partial charge on any atom is -0.311 e. The molecule has 0 aromatic heterocycles. The van der Waals surface area contributed by atoms with Gasteiger partial charge in [0.2, 0.25) is 0 Å². The average Bonchev–Trinajstić information content (AvgIpc) is 2.56. The van der Waals surface area contributed by atoms with E-state index in [1.54, 1.807) is 0 Å². The highest BCUT2D eigenvalue weighted by atomic mass is 15.0. The average molecular weight is 193 g/mol. The fourth-order valence-electron chi connectivity index (χ4n) is 4.26. The summed E-state index contributed by atoms with van der Waals surface area (Å²) in [6.07, 6.45) is 10.4. The molecule has 3 aliphatic rings. The summed E-state index contributed by atoms with van der Waals surface area (Å²) in [4.78, 5) is 0. The van der Waals surface area contributed by atoms with Crippen LogP contribution in [0.1, 0.15) is 51.9 Å². The first kappa shape index (κ1) is 9.21. The van der Waals surface area contributed by atoms with E-state index < -0.39 is 0 Å². The molecule has 5 atom stereocenters. The SMILES string of the molecule is CC1CCC2NC3CCCCC3C2C1. The van der Waals surface area contributed by atoms with Gasteiger partial charge >= 0.3 is 0 Å². The fourth-order valence-corrected chi connectivity index (χ4v) is 4.26. The monoisotopic (exact) mass is 193 g/mol. The topological polar surface area (TPSA) is 12.0 Å². The van der Waals surface area contributed by atoms with Crippen LogP contribution in [0.15, 0.2) is 0 Å². The van der Waals surface area contributed by atoms with Crippen LogP contribution in [-0.4, -0.2) is 12.1 Å². The first-order valence-electron chi connectivity index (χ1n) is 6.60. The molecule has 0 aromatic rings. The van der Waals surface area contributed by atoms with Gasteiger partial charge in [0.1, 0.15) is 0 Å². The van der Waals surface area contributed by atoms with Crippen LogP contribution in [0.2, 0.25) is 0 Å². The van der Waals surface area contributed by atoms with E-state index >= 15 is 0 Å². The minimum absolute atomic E-state index is 0.902. The van der Waals surface area contributed by atoms with Crippen LogP contribution in [0.25, 0.3) is 0 Å². The number of hydrogen-bond donors (Lipinski definition) is 1. The molecule has 1 saturated heterocycles. The Kier molecular flexibility index (Phi) is 2.31. The molecule has 0 aromatic carbocycles. The van der Waals surface area contributed by atoms with Crippen LogP contribution in [0, 0.1) is 17.8 Å². The van der Waals surface area contributed by atoms with Gasteiger partial charge in [0.15, 0.2) is 0 Å². The highest BCUT2D eigenvalue weighted by molar-refractivity contribution is 5.01. The van der Waals surface area contributed by atoms with Crippen molar-refractivity contribution in [2.45, 2.75) is 64.0 Å². The van der Waals surface area contributed by atoms with Gasteiger partial charge in [-0.2, -0.15) is 0 Å². The molecule has 0 bridgehead atoms. The molecule has 80 valence electrons. The zero-order valence-corrected chi connectivity index (χ0v) is 9.34. The molecular formula is C13H23N. The van der Waals surface area contributed by atoms with Gasteiger partial charge in [0, 0.05) is 12.1 Å². The molecule has 2 aliphatic carbocycles. The molecule has 0 radical (unpaired) electrons. The van der Waals surface area contributed by atoms with E-state index in [0.717, 1.165) is 29.8 Å². The predicted octanol–water partition coefficient (Wildman–Crippen LogP) is 2.95. The van der Waals surface area contributed by atoms with Crippen molar-refractivity contribution in [3.8, 4) is 0 Å². The number of rotatable bonds is 0. The summed E-state index contributed by atoms with van der Waals surface area (Å²) in [5.74, 6) is 3.10. The minimum atomic E-state index is 0.902. The fraction of sp³-hybridized carbons (Fsp3) is 1.00. The number of fused-ring (bicyclic) bond motifs is 3. The molecule has 1 aliphatic heterocycles. The molecule has 0 amide bonds. The highest BCUT2D eigenvalue weighted by Gasteiger charge is 2.45. The molecule has 1 nitrogen and oxygen atoms in total. The summed E-state index contributed by atoms with van der Waals surface area (Å²) >= 11 is 0. The third-order valence-corrected chi connectivity index (χ3v) is 4.96. The summed E-state index contributed by atoms with van der Waals surface area (Å²) in [7, 11) is 0. The van der Waals surface area contributed by atoms with Crippen LogP contribution in [0.5, 0.6) is 0 Å². The summed E-state index contributed by atoms with van der Waals surface area (Å²) in [6.45, 7) is 2.45. The maximum absolute atomic E-state index is 3.92. The van der Waals surface area contributed by atoms with Crippen LogP contribution >= 0.6 is 0 Å². The lowest BCUT2D eigenvalue weighted by molar-refractivity contribution is 0.196. The first-order valence-corrected chi connectivity index (χ1v) is 6.60. The molecule has 1 heterocycles. The van der Waals surface area contributed by atoms with E-state index in [2.05, 4.69) is 12.2 Å². The van der Waals surface area contributed by atoms with E-state index in [4.69, 9.17) is 0 Å². The van der Waals surface area contributed by atoms with Crippen molar-refractivity contribution in [2.24, 2.45) is 17.8 Å². The maximum atomic E-state index is 3.92. The Labute approximate surface area is 87.7 Å². The van der Waals surface area contributed by atoms with Crippen molar-refractivity contribution in [2.75, 3.05) is 0 Å². The third-order valence-electron chi connectivity index (χ3n) is 4.96. The van der Waals surface area contributed by atoms with Crippen molar-refractivity contribution in [3.63, 3.8) is 0 Å². The lowest BCUT2D eigenvalue weighted by Gasteiger charge is -2.33. The number of nitrogens with one attached hydrogen (secondary N) is 1. The van der Waals surface area contributed by atoms with Gasteiger partial charge < -0.3 is 5.32 Å². The van der Waals surface area contributed by atoms with Gasteiger partial charge in [-0.15, -0.1) is 0 Å². The lowest BCUT2D eigenvalue weighted by Crippen LogP contribution is -2.34. The largest absolute Gasteiger partial charge is 0.311 e. The van der Waals surface area contributed by atoms with Gasteiger partial charge in [-0.3, -0.25) is 0 Å². The predicted molar refractivity (Wildman–Crippen MR) is 59.2 cm³/mol. The smallest absolute Gasteiger partial charge is 0.0101 e. The first-order chi connectivity index (χ1) is 6.84. The Balaban J connectivity index is 1.75. The van der Waals surface area contributed by atoms with E-state index in [1.807, 2.05) is 0 Å². The molecule has 5 unspecified atom stereocenters. The van der Waals surface area contributed by atoms with Crippen molar-refractivity contribution < 1.29 is 0 Å². The summed E-state index contributed by atoms with van der Waals surface area (Å²) in [5.41, 5.74) is 0.